The first-order chi connectivity index (χ1) is 14.0. The molecule has 1 aliphatic heterocycles. The van der Waals surface area contributed by atoms with Crippen molar-refractivity contribution in [1.82, 2.24) is 4.90 Å². The van der Waals surface area contributed by atoms with Gasteiger partial charge in [-0.1, -0.05) is 24.3 Å². The Morgan fingerprint density at radius 3 is 2.66 bits per heavy atom. The van der Waals surface area contributed by atoms with Gasteiger partial charge in [0.1, 0.15) is 11.1 Å². The summed E-state index contributed by atoms with van der Waals surface area (Å²) in [7, 11) is 0. The molecule has 2 aromatic carbocycles. The molecule has 148 valence electrons. The predicted molar refractivity (Wildman–Crippen MR) is 115 cm³/mol. The molecule has 29 heavy (non-hydrogen) atoms. The number of hydrogen-bond acceptors (Lipinski definition) is 4. The molecule has 0 unspecified atom stereocenters. The number of amides is 2. The number of aryl methyl sites for hydroxylation is 1. The summed E-state index contributed by atoms with van der Waals surface area (Å²) in [6, 6.07) is 17.0. The minimum absolute atomic E-state index is 0.0799. The molecule has 1 aliphatic rings. The SMILES string of the molecule is Cc1cccc(NC(=O)c2ccc([C@H]3SCC(=O)N3Cc3ccco3)cc2)c1C. The van der Waals surface area contributed by atoms with Crippen LogP contribution < -0.4 is 5.32 Å². The third-order valence-electron chi connectivity index (χ3n) is 5.19. The molecule has 1 N–H and O–H groups in total. The van der Waals surface area contributed by atoms with Gasteiger partial charge in [0.25, 0.3) is 5.91 Å². The number of hydrogen-bond donors (Lipinski definition) is 1. The standard InChI is InChI=1S/C23H22N2O3S/c1-15-5-3-7-20(16(15)2)24-22(27)17-8-10-18(11-9-17)23-25(21(26)14-29-23)13-19-6-4-12-28-19/h3-12,23H,13-14H2,1-2H3,(H,24,27)/t23-/m1/s1. The predicted octanol–water partition coefficient (Wildman–Crippen LogP) is 4.92. The molecule has 0 saturated carbocycles. The van der Waals surface area contributed by atoms with Crippen LogP contribution in [0.2, 0.25) is 0 Å². The summed E-state index contributed by atoms with van der Waals surface area (Å²) >= 11 is 1.59. The third-order valence-corrected chi connectivity index (χ3v) is 6.44. The normalized spacial score (nSPS) is 16.3. The number of carbonyl (C=O) groups is 2. The Morgan fingerprint density at radius 1 is 1.14 bits per heavy atom. The number of anilines is 1. The average Bonchev–Trinajstić information content (AvgIpc) is 3.36. The topological polar surface area (TPSA) is 62.6 Å². The van der Waals surface area contributed by atoms with Gasteiger partial charge in [0.2, 0.25) is 5.91 Å². The fraction of sp³-hybridized carbons (Fsp3) is 0.217. The molecule has 6 heteroatoms. The van der Waals surface area contributed by atoms with Crippen LogP contribution in [0.5, 0.6) is 0 Å². The Bertz CT molecular complexity index is 1030. The van der Waals surface area contributed by atoms with Crippen LogP contribution in [0.4, 0.5) is 5.69 Å². The number of carbonyl (C=O) groups excluding carboxylic acids is 2. The lowest BCUT2D eigenvalue weighted by molar-refractivity contribution is -0.128. The largest absolute Gasteiger partial charge is 0.467 e. The monoisotopic (exact) mass is 406 g/mol. The van der Waals surface area contributed by atoms with Gasteiger partial charge in [-0.25, -0.2) is 0 Å². The molecular formula is C23H22N2O3S. The maximum Gasteiger partial charge on any atom is 0.255 e. The zero-order valence-electron chi connectivity index (χ0n) is 16.3. The molecule has 0 radical (unpaired) electrons. The highest BCUT2D eigenvalue weighted by Gasteiger charge is 2.33. The molecule has 1 saturated heterocycles. The molecule has 1 fully saturated rings. The maximum absolute atomic E-state index is 12.6. The lowest BCUT2D eigenvalue weighted by Crippen LogP contribution is -2.27. The molecule has 1 aromatic heterocycles. The highest BCUT2D eigenvalue weighted by molar-refractivity contribution is 8.00. The van der Waals surface area contributed by atoms with E-state index in [1.807, 2.05) is 73.3 Å². The van der Waals surface area contributed by atoms with Crippen molar-refractivity contribution in [3.8, 4) is 0 Å². The fourth-order valence-corrected chi connectivity index (χ4v) is 4.54. The summed E-state index contributed by atoms with van der Waals surface area (Å²) in [6.45, 7) is 4.46. The Balaban J connectivity index is 1.49. The van der Waals surface area contributed by atoms with Gasteiger partial charge < -0.3 is 14.6 Å². The number of rotatable bonds is 5. The van der Waals surface area contributed by atoms with Crippen molar-refractivity contribution in [2.45, 2.75) is 25.8 Å². The highest BCUT2D eigenvalue weighted by atomic mass is 32.2. The molecule has 2 amide bonds. The van der Waals surface area contributed by atoms with Crippen molar-refractivity contribution in [1.29, 1.82) is 0 Å². The van der Waals surface area contributed by atoms with E-state index in [2.05, 4.69) is 5.32 Å². The Kier molecular flexibility index (Phi) is 5.45. The van der Waals surface area contributed by atoms with Crippen LogP contribution in [0, 0.1) is 13.8 Å². The van der Waals surface area contributed by atoms with E-state index in [1.54, 1.807) is 18.0 Å². The number of furan rings is 1. The van der Waals surface area contributed by atoms with Gasteiger partial charge in [-0.05, 0) is 60.9 Å². The van der Waals surface area contributed by atoms with E-state index in [9.17, 15) is 9.59 Å². The molecule has 0 aliphatic carbocycles. The molecule has 0 bridgehead atoms. The molecular weight excluding hydrogens is 384 g/mol. The fourth-order valence-electron chi connectivity index (χ4n) is 3.35. The second-order valence-corrected chi connectivity index (χ2v) is 8.16. The number of nitrogens with zero attached hydrogens (tertiary/aromatic N) is 1. The molecule has 1 atom stereocenters. The van der Waals surface area contributed by atoms with Crippen LogP contribution in [0.15, 0.2) is 65.3 Å². The Morgan fingerprint density at radius 2 is 1.93 bits per heavy atom. The summed E-state index contributed by atoms with van der Waals surface area (Å²) in [4.78, 5) is 26.8. The van der Waals surface area contributed by atoms with Crippen molar-refractivity contribution in [2.75, 3.05) is 11.1 Å². The number of benzene rings is 2. The van der Waals surface area contributed by atoms with E-state index < -0.39 is 0 Å². The van der Waals surface area contributed by atoms with Crippen LogP contribution in [-0.4, -0.2) is 22.5 Å². The van der Waals surface area contributed by atoms with E-state index in [1.165, 1.54) is 0 Å². The first-order valence-electron chi connectivity index (χ1n) is 9.44. The average molecular weight is 407 g/mol. The third kappa shape index (κ3) is 4.07. The van der Waals surface area contributed by atoms with Crippen LogP contribution in [0.1, 0.15) is 38.2 Å². The van der Waals surface area contributed by atoms with Gasteiger partial charge in [0.15, 0.2) is 0 Å². The van der Waals surface area contributed by atoms with Crippen LogP contribution >= 0.6 is 11.8 Å². The molecule has 2 heterocycles. The highest BCUT2D eigenvalue weighted by Crippen LogP contribution is 2.39. The molecule has 4 rings (SSSR count). The van der Waals surface area contributed by atoms with Crippen LogP contribution in [0.25, 0.3) is 0 Å². The van der Waals surface area contributed by atoms with Gasteiger partial charge in [0, 0.05) is 11.3 Å². The summed E-state index contributed by atoms with van der Waals surface area (Å²) in [5.41, 5.74) is 4.60. The van der Waals surface area contributed by atoms with E-state index >= 15 is 0 Å². The first kappa shape index (κ1) is 19.3. The van der Waals surface area contributed by atoms with Crippen LogP contribution in [-0.2, 0) is 11.3 Å². The second-order valence-electron chi connectivity index (χ2n) is 7.09. The minimum atomic E-state index is -0.146. The lowest BCUT2D eigenvalue weighted by atomic mass is 10.1. The molecule has 0 spiro atoms. The number of thioether (sulfide) groups is 1. The first-order valence-corrected chi connectivity index (χ1v) is 10.5. The van der Waals surface area contributed by atoms with Gasteiger partial charge in [0.05, 0.1) is 18.6 Å². The summed E-state index contributed by atoms with van der Waals surface area (Å²) in [5.74, 6) is 1.15. The Labute approximate surface area is 174 Å². The van der Waals surface area contributed by atoms with Crippen molar-refractivity contribution >= 4 is 29.3 Å². The Hall–Kier alpha value is -2.99. The zero-order valence-corrected chi connectivity index (χ0v) is 17.2. The molecule has 3 aromatic rings. The maximum atomic E-state index is 12.6. The van der Waals surface area contributed by atoms with Gasteiger partial charge in [-0.15, -0.1) is 11.8 Å². The van der Waals surface area contributed by atoms with Gasteiger partial charge in [-0.2, -0.15) is 0 Å². The van der Waals surface area contributed by atoms with Crippen molar-refractivity contribution in [2.24, 2.45) is 0 Å². The van der Waals surface area contributed by atoms with Gasteiger partial charge >= 0.3 is 0 Å². The van der Waals surface area contributed by atoms with Crippen molar-refractivity contribution in [3.05, 3.63) is 88.9 Å². The van der Waals surface area contributed by atoms with E-state index in [0.29, 0.717) is 17.9 Å². The van der Waals surface area contributed by atoms with E-state index in [4.69, 9.17) is 4.42 Å². The number of nitrogens with one attached hydrogen (secondary N) is 1. The van der Waals surface area contributed by atoms with Crippen molar-refractivity contribution in [3.63, 3.8) is 0 Å². The summed E-state index contributed by atoms with van der Waals surface area (Å²) in [6.07, 6.45) is 1.61. The van der Waals surface area contributed by atoms with E-state index in [-0.39, 0.29) is 17.2 Å². The second kappa shape index (κ2) is 8.17. The van der Waals surface area contributed by atoms with E-state index in [0.717, 1.165) is 28.1 Å². The van der Waals surface area contributed by atoms with Gasteiger partial charge in [-0.3, -0.25) is 9.59 Å². The smallest absolute Gasteiger partial charge is 0.255 e. The lowest BCUT2D eigenvalue weighted by Gasteiger charge is -2.23. The van der Waals surface area contributed by atoms with Crippen LogP contribution in [0.3, 0.4) is 0 Å². The summed E-state index contributed by atoms with van der Waals surface area (Å²) in [5, 5.41) is 2.90. The van der Waals surface area contributed by atoms with Crippen molar-refractivity contribution < 1.29 is 14.0 Å². The summed E-state index contributed by atoms with van der Waals surface area (Å²) < 4.78 is 5.40. The quantitative estimate of drug-likeness (QED) is 0.653. The molecule has 5 nitrogen and oxygen atoms in total. The zero-order chi connectivity index (χ0) is 20.4. The minimum Gasteiger partial charge on any atom is -0.467 e.